The van der Waals surface area contributed by atoms with E-state index in [2.05, 4.69) is 0 Å². The molecule has 5 nitrogen and oxygen atoms in total. The Morgan fingerprint density at radius 3 is 2.81 bits per heavy atom. The van der Waals surface area contributed by atoms with Crippen molar-refractivity contribution in [2.75, 3.05) is 20.2 Å². The Morgan fingerprint density at radius 1 is 1.48 bits per heavy atom. The SMILES string of the molecule is CCC1CN(S(=O)(=O)c2ccc(Cl)cc2OC)CCC1N. The summed E-state index contributed by atoms with van der Waals surface area (Å²) in [5.74, 6) is 0.456. The maximum Gasteiger partial charge on any atom is 0.246 e. The second kappa shape index (κ2) is 6.52. The number of sulfonamides is 1. The zero-order valence-corrected chi connectivity index (χ0v) is 13.8. The smallest absolute Gasteiger partial charge is 0.246 e. The van der Waals surface area contributed by atoms with Crippen molar-refractivity contribution in [3.63, 3.8) is 0 Å². The van der Waals surface area contributed by atoms with E-state index in [1.807, 2.05) is 6.92 Å². The maximum atomic E-state index is 12.8. The van der Waals surface area contributed by atoms with Crippen LogP contribution < -0.4 is 10.5 Å². The third-order valence-corrected chi connectivity index (χ3v) is 6.16. The molecule has 21 heavy (non-hydrogen) atoms. The summed E-state index contributed by atoms with van der Waals surface area (Å²) in [6.07, 6.45) is 1.54. The molecule has 0 saturated carbocycles. The minimum atomic E-state index is -3.59. The molecule has 1 aromatic carbocycles. The molecule has 1 fully saturated rings. The number of piperidine rings is 1. The minimum absolute atomic E-state index is 0.0635. The van der Waals surface area contributed by atoms with Crippen molar-refractivity contribution in [2.24, 2.45) is 11.7 Å². The first-order chi connectivity index (χ1) is 9.90. The first kappa shape index (κ1) is 16.5. The van der Waals surface area contributed by atoms with Crippen molar-refractivity contribution < 1.29 is 13.2 Å². The predicted molar refractivity (Wildman–Crippen MR) is 83.1 cm³/mol. The summed E-state index contributed by atoms with van der Waals surface area (Å²) in [4.78, 5) is 0.153. The Balaban J connectivity index is 2.34. The standard InChI is InChI=1S/C14H21ClN2O3S/c1-3-10-9-17(7-6-12(10)16)21(18,19)14-5-4-11(15)8-13(14)20-2/h4-5,8,10,12H,3,6-7,9,16H2,1-2H3. The van der Waals surface area contributed by atoms with E-state index in [1.54, 1.807) is 6.07 Å². The van der Waals surface area contributed by atoms with Gasteiger partial charge in [-0.05, 0) is 24.5 Å². The second-order valence-electron chi connectivity index (χ2n) is 5.28. The minimum Gasteiger partial charge on any atom is -0.495 e. The molecule has 0 spiro atoms. The van der Waals surface area contributed by atoms with Crippen LogP contribution in [0.1, 0.15) is 19.8 Å². The molecule has 2 rings (SSSR count). The Morgan fingerprint density at radius 2 is 2.19 bits per heavy atom. The summed E-state index contributed by atoms with van der Waals surface area (Å²) in [6.45, 7) is 2.92. The van der Waals surface area contributed by atoms with Crippen LogP contribution in [0.15, 0.2) is 23.1 Å². The fourth-order valence-electron chi connectivity index (χ4n) is 2.66. The van der Waals surface area contributed by atoms with Gasteiger partial charge in [0.1, 0.15) is 10.6 Å². The highest BCUT2D eigenvalue weighted by Crippen LogP contribution is 2.32. The van der Waals surface area contributed by atoms with E-state index in [4.69, 9.17) is 22.1 Å². The van der Waals surface area contributed by atoms with Crippen LogP contribution in [0.3, 0.4) is 0 Å². The van der Waals surface area contributed by atoms with E-state index in [0.29, 0.717) is 24.5 Å². The Bertz CT molecular complexity index is 606. The lowest BCUT2D eigenvalue weighted by Crippen LogP contribution is -2.48. The molecule has 1 heterocycles. The van der Waals surface area contributed by atoms with Crippen molar-refractivity contribution >= 4 is 21.6 Å². The van der Waals surface area contributed by atoms with Crippen molar-refractivity contribution in [1.82, 2.24) is 4.31 Å². The lowest BCUT2D eigenvalue weighted by Gasteiger charge is -2.35. The fraction of sp³-hybridized carbons (Fsp3) is 0.571. The largest absolute Gasteiger partial charge is 0.495 e. The molecule has 0 bridgehead atoms. The monoisotopic (exact) mass is 332 g/mol. The number of hydrogen-bond donors (Lipinski definition) is 1. The Kier molecular flexibility index (Phi) is 5.14. The first-order valence-corrected chi connectivity index (χ1v) is 8.81. The van der Waals surface area contributed by atoms with Gasteiger partial charge in [0.15, 0.2) is 0 Å². The molecular formula is C14H21ClN2O3S. The normalized spacial score (nSPS) is 24.0. The van der Waals surface area contributed by atoms with Gasteiger partial charge in [-0.15, -0.1) is 0 Å². The highest BCUT2D eigenvalue weighted by atomic mass is 35.5. The summed E-state index contributed by atoms with van der Waals surface area (Å²) in [5.41, 5.74) is 6.05. The van der Waals surface area contributed by atoms with Crippen LogP contribution >= 0.6 is 11.6 Å². The third kappa shape index (κ3) is 3.34. The molecule has 7 heteroatoms. The Hall–Kier alpha value is -0.820. The van der Waals surface area contributed by atoms with Crippen LogP contribution in [0.2, 0.25) is 5.02 Å². The van der Waals surface area contributed by atoms with Crippen LogP contribution in [0.4, 0.5) is 0 Å². The number of ether oxygens (including phenoxy) is 1. The van der Waals surface area contributed by atoms with Gasteiger partial charge < -0.3 is 10.5 Å². The topological polar surface area (TPSA) is 72.6 Å². The van der Waals surface area contributed by atoms with E-state index >= 15 is 0 Å². The van der Waals surface area contributed by atoms with Crippen LogP contribution in [0.5, 0.6) is 5.75 Å². The molecule has 1 saturated heterocycles. The third-order valence-electron chi connectivity index (χ3n) is 4.02. The van der Waals surface area contributed by atoms with Crippen LogP contribution in [-0.2, 0) is 10.0 Å². The molecule has 0 amide bonds. The van der Waals surface area contributed by atoms with Crippen LogP contribution in [-0.4, -0.2) is 39.0 Å². The summed E-state index contributed by atoms with van der Waals surface area (Å²) in [7, 11) is -2.16. The lowest BCUT2D eigenvalue weighted by molar-refractivity contribution is 0.230. The molecule has 118 valence electrons. The number of benzene rings is 1. The number of nitrogens with two attached hydrogens (primary N) is 1. The van der Waals surface area contributed by atoms with E-state index in [1.165, 1.54) is 23.5 Å². The summed E-state index contributed by atoms with van der Waals surface area (Å²) < 4.78 is 32.3. The first-order valence-electron chi connectivity index (χ1n) is 6.99. The quantitative estimate of drug-likeness (QED) is 0.916. The number of hydrogen-bond acceptors (Lipinski definition) is 4. The molecule has 2 unspecified atom stereocenters. The molecule has 0 aliphatic carbocycles. The summed E-state index contributed by atoms with van der Waals surface area (Å²) >= 11 is 5.89. The van der Waals surface area contributed by atoms with Gasteiger partial charge in [-0.25, -0.2) is 8.42 Å². The molecular weight excluding hydrogens is 312 g/mol. The number of methoxy groups -OCH3 is 1. The van der Waals surface area contributed by atoms with Gasteiger partial charge in [-0.1, -0.05) is 24.9 Å². The van der Waals surface area contributed by atoms with Gasteiger partial charge in [-0.2, -0.15) is 4.31 Å². The van der Waals surface area contributed by atoms with Gasteiger partial charge >= 0.3 is 0 Å². The Labute approximate surface area is 131 Å². The average Bonchev–Trinajstić information content (AvgIpc) is 2.47. The average molecular weight is 333 g/mol. The number of rotatable bonds is 4. The van der Waals surface area contributed by atoms with E-state index in [-0.39, 0.29) is 22.6 Å². The van der Waals surface area contributed by atoms with Gasteiger partial charge in [0.05, 0.1) is 7.11 Å². The molecule has 0 aromatic heterocycles. The van der Waals surface area contributed by atoms with Gasteiger partial charge in [0, 0.05) is 30.2 Å². The number of halogens is 1. The predicted octanol–water partition coefficient (Wildman–Crippen LogP) is 2.10. The molecule has 2 atom stereocenters. The van der Waals surface area contributed by atoms with E-state index in [0.717, 1.165) is 6.42 Å². The van der Waals surface area contributed by atoms with E-state index in [9.17, 15) is 8.42 Å². The summed E-state index contributed by atoms with van der Waals surface area (Å²) in [6, 6.07) is 4.63. The summed E-state index contributed by atoms with van der Waals surface area (Å²) in [5, 5.41) is 0.443. The van der Waals surface area contributed by atoms with Gasteiger partial charge in [0.2, 0.25) is 10.0 Å². The van der Waals surface area contributed by atoms with Crippen molar-refractivity contribution in [3.05, 3.63) is 23.2 Å². The molecule has 1 aliphatic rings. The highest BCUT2D eigenvalue weighted by Gasteiger charge is 2.34. The van der Waals surface area contributed by atoms with Gasteiger partial charge in [-0.3, -0.25) is 0 Å². The zero-order chi connectivity index (χ0) is 15.6. The van der Waals surface area contributed by atoms with Crippen molar-refractivity contribution in [3.8, 4) is 5.75 Å². The fourth-order valence-corrected chi connectivity index (χ4v) is 4.47. The molecule has 1 aromatic rings. The van der Waals surface area contributed by atoms with E-state index < -0.39 is 10.0 Å². The molecule has 2 N–H and O–H groups in total. The van der Waals surface area contributed by atoms with Crippen molar-refractivity contribution in [1.29, 1.82) is 0 Å². The highest BCUT2D eigenvalue weighted by molar-refractivity contribution is 7.89. The maximum absolute atomic E-state index is 12.8. The van der Waals surface area contributed by atoms with Crippen LogP contribution in [0, 0.1) is 5.92 Å². The molecule has 1 aliphatic heterocycles. The molecule has 0 radical (unpaired) electrons. The van der Waals surface area contributed by atoms with Gasteiger partial charge in [0.25, 0.3) is 0 Å². The second-order valence-corrected chi connectivity index (χ2v) is 7.62. The van der Waals surface area contributed by atoms with Crippen LogP contribution in [0.25, 0.3) is 0 Å². The zero-order valence-electron chi connectivity index (χ0n) is 12.3. The number of nitrogens with zero attached hydrogens (tertiary/aromatic N) is 1. The van der Waals surface area contributed by atoms with Crippen molar-refractivity contribution in [2.45, 2.75) is 30.7 Å². The lowest BCUT2D eigenvalue weighted by atomic mass is 9.92.